The zero-order chi connectivity index (χ0) is 14.5. The summed E-state index contributed by atoms with van der Waals surface area (Å²) in [7, 11) is 0. The minimum atomic E-state index is 0.0979. The van der Waals surface area contributed by atoms with E-state index in [1.165, 1.54) is 16.7 Å². The van der Waals surface area contributed by atoms with Gasteiger partial charge in [-0.2, -0.15) is 0 Å². The Morgan fingerprint density at radius 2 is 1.35 bits per heavy atom. The summed E-state index contributed by atoms with van der Waals surface area (Å²) in [6.07, 6.45) is 0.980. The lowest BCUT2D eigenvalue weighted by Crippen LogP contribution is -2.10. The van der Waals surface area contributed by atoms with Crippen LogP contribution in [0.1, 0.15) is 42.8 Å². The monoisotopic (exact) mass is 286 g/mol. The Labute approximate surface area is 127 Å². The summed E-state index contributed by atoms with van der Waals surface area (Å²) in [6.45, 7) is 6.67. The van der Waals surface area contributed by atoms with Gasteiger partial charge in [-0.25, -0.2) is 0 Å². The van der Waals surface area contributed by atoms with Crippen molar-refractivity contribution >= 4 is 11.6 Å². The molecular formula is C19H23Cl. The van der Waals surface area contributed by atoms with Crippen molar-refractivity contribution in [1.29, 1.82) is 0 Å². The van der Waals surface area contributed by atoms with Gasteiger partial charge in [0.2, 0.25) is 0 Å². The fraction of sp³-hybridized carbons (Fsp3) is 0.368. The normalized spacial score (nSPS) is 14.2. The fourth-order valence-corrected chi connectivity index (χ4v) is 2.73. The Balaban J connectivity index is 2.06. The molecule has 0 nitrogen and oxygen atoms in total. The van der Waals surface area contributed by atoms with Crippen LogP contribution in [0.25, 0.3) is 0 Å². The molecule has 1 heteroatoms. The first-order valence-electron chi connectivity index (χ1n) is 7.34. The van der Waals surface area contributed by atoms with Gasteiger partial charge in [0.05, 0.1) is 5.38 Å². The molecule has 2 unspecified atom stereocenters. The van der Waals surface area contributed by atoms with Crippen molar-refractivity contribution in [3.63, 3.8) is 0 Å². The van der Waals surface area contributed by atoms with Crippen LogP contribution in [0.2, 0.25) is 0 Å². The third-order valence-electron chi connectivity index (χ3n) is 4.06. The maximum Gasteiger partial charge on any atom is 0.0613 e. The molecule has 2 atom stereocenters. The molecule has 0 heterocycles. The minimum absolute atomic E-state index is 0.0979. The molecule has 0 amide bonds. The predicted octanol–water partition coefficient (Wildman–Crippen LogP) is 5.85. The highest BCUT2D eigenvalue weighted by atomic mass is 35.5. The Kier molecular flexibility index (Phi) is 5.25. The second kappa shape index (κ2) is 6.95. The van der Waals surface area contributed by atoms with E-state index < -0.39 is 0 Å². The number of alkyl halides is 1. The Hall–Kier alpha value is -1.27. The predicted molar refractivity (Wildman–Crippen MR) is 88.3 cm³/mol. The first-order chi connectivity index (χ1) is 9.58. The van der Waals surface area contributed by atoms with Crippen LogP contribution in [-0.4, -0.2) is 0 Å². The number of benzene rings is 2. The van der Waals surface area contributed by atoms with E-state index in [4.69, 9.17) is 11.6 Å². The van der Waals surface area contributed by atoms with Gasteiger partial charge in [-0.05, 0) is 34.9 Å². The summed E-state index contributed by atoms with van der Waals surface area (Å²) in [4.78, 5) is 0. The van der Waals surface area contributed by atoms with Crippen LogP contribution < -0.4 is 0 Å². The van der Waals surface area contributed by atoms with Crippen molar-refractivity contribution in [2.45, 2.75) is 32.6 Å². The van der Waals surface area contributed by atoms with E-state index in [9.17, 15) is 0 Å². The van der Waals surface area contributed by atoms with E-state index in [1.807, 2.05) is 0 Å². The van der Waals surface area contributed by atoms with Crippen LogP contribution in [0.3, 0.4) is 0 Å². The van der Waals surface area contributed by atoms with Gasteiger partial charge in [-0.1, -0.05) is 75.4 Å². The van der Waals surface area contributed by atoms with E-state index in [-0.39, 0.29) is 5.38 Å². The second-order valence-electron chi connectivity index (χ2n) is 5.91. The standard InChI is InChI=1S/C19H23Cl/c1-14(2)15(3)19(20)18-11-9-17(10-12-18)13-16-7-5-4-6-8-16/h4-12,14-15,19H,13H2,1-3H3. The van der Waals surface area contributed by atoms with Gasteiger partial charge < -0.3 is 0 Å². The molecular weight excluding hydrogens is 264 g/mol. The maximum absolute atomic E-state index is 6.56. The Morgan fingerprint density at radius 3 is 1.90 bits per heavy atom. The second-order valence-corrected chi connectivity index (χ2v) is 6.38. The summed E-state index contributed by atoms with van der Waals surface area (Å²) in [5.74, 6) is 1.08. The van der Waals surface area contributed by atoms with Crippen LogP contribution in [0.5, 0.6) is 0 Å². The third-order valence-corrected chi connectivity index (χ3v) is 4.71. The molecule has 0 aliphatic carbocycles. The number of hydrogen-bond donors (Lipinski definition) is 0. The number of halogens is 1. The minimum Gasteiger partial charge on any atom is -0.118 e. The van der Waals surface area contributed by atoms with Gasteiger partial charge in [0.25, 0.3) is 0 Å². The van der Waals surface area contributed by atoms with Gasteiger partial charge in [0.15, 0.2) is 0 Å². The van der Waals surface area contributed by atoms with Crippen molar-refractivity contribution in [3.8, 4) is 0 Å². The van der Waals surface area contributed by atoms with Gasteiger partial charge in [-0.15, -0.1) is 11.6 Å². The largest absolute Gasteiger partial charge is 0.118 e. The van der Waals surface area contributed by atoms with Crippen molar-refractivity contribution < 1.29 is 0 Å². The zero-order valence-corrected chi connectivity index (χ0v) is 13.3. The van der Waals surface area contributed by atoms with Gasteiger partial charge in [0.1, 0.15) is 0 Å². The quantitative estimate of drug-likeness (QED) is 0.605. The third kappa shape index (κ3) is 3.86. The van der Waals surface area contributed by atoms with Crippen molar-refractivity contribution in [2.24, 2.45) is 11.8 Å². The lowest BCUT2D eigenvalue weighted by molar-refractivity contribution is 0.406. The molecule has 0 saturated heterocycles. The molecule has 2 rings (SSSR count). The molecule has 106 valence electrons. The van der Waals surface area contributed by atoms with Gasteiger partial charge in [-0.3, -0.25) is 0 Å². The highest BCUT2D eigenvalue weighted by molar-refractivity contribution is 6.21. The molecule has 0 bridgehead atoms. The highest BCUT2D eigenvalue weighted by Crippen LogP contribution is 2.33. The van der Waals surface area contributed by atoms with Crippen LogP contribution in [0.15, 0.2) is 54.6 Å². The molecule has 2 aromatic rings. The number of hydrogen-bond acceptors (Lipinski definition) is 0. The zero-order valence-electron chi connectivity index (χ0n) is 12.5. The first kappa shape index (κ1) is 15.1. The fourth-order valence-electron chi connectivity index (χ4n) is 2.29. The molecule has 0 aliphatic heterocycles. The Morgan fingerprint density at radius 1 is 0.800 bits per heavy atom. The number of rotatable bonds is 5. The van der Waals surface area contributed by atoms with Crippen LogP contribution >= 0.6 is 11.6 Å². The van der Waals surface area contributed by atoms with Crippen molar-refractivity contribution in [2.75, 3.05) is 0 Å². The average molecular weight is 287 g/mol. The van der Waals surface area contributed by atoms with E-state index >= 15 is 0 Å². The van der Waals surface area contributed by atoms with Gasteiger partial charge in [0, 0.05) is 0 Å². The summed E-state index contributed by atoms with van der Waals surface area (Å²) in [6, 6.07) is 19.3. The van der Waals surface area contributed by atoms with Crippen molar-refractivity contribution in [1.82, 2.24) is 0 Å². The summed E-state index contributed by atoms with van der Waals surface area (Å²) >= 11 is 6.56. The molecule has 20 heavy (non-hydrogen) atoms. The van der Waals surface area contributed by atoms with Gasteiger partial charge >= 0.3 is 0 Å². The topological polar surface area (TPSA) is 0 Å². The van der Waals surface area contributed by atoms with E-state index in [2.05, 4.69) is 75.4 Å². The average Bonchev–Trinajstić information content (AvgIpc) is 2.47. The maximum atomic E-state index is 6.56. The summed E-state index contributed by atoms with van der Waals surface area (Å²) < 4.78 is 0. The summed E-state index contributed by atoms with van der Waals surface area (Å²) in [5, 5.41) is 0.0979. The lowest BCUT2D eigenvalue weighted by atomic mass is 9.90. The van der Waals surface area contributed by atoms with E-state index in [0.717, 1.165) is 6.42 Å². The molecule has 0 radical (unpaired) electrons. The molecule has 0 saturated carbocycles. The molecule has 0 fully saturated rings. The Bertz CT molecular complexity index is 513. The molecule has 0 aliphatic rings. The smallest absolute Gasteiger partial charge is 0.0613 e. The molecule has 0 spiro atoms. The van der Waals surface area contributed by atoms with Crippen LogP contribution in [-0.2, 0) is 6.42 Å². The highest BCUT2D eigenvalue weighted by Gasteiger charge is 2.19. The van der Waals surface area contributed by atoms with Crippen LogP contribution in [0.4, 0.5) is 0 Å². The summed E-state index contributed by atoms with van der Waals surface area (Å²) in [5.41, 5.74) is 3.91. The van der Waals surface area contributed by atoms with E-state index in [0.29, 0.717) is 11.8 Å². The van der Waals surface area contributed by atoms with E-state index in [1.54, 1.807) is 0 Å². The lowest BCUT2D eigenvalue weighted by Gasteiger charge is -2.22. The SMILES string of the molecule is CC(C)C(C)C(Cl)c1ccc(Cc2ccccc2)cc1. The first-order valence-corrected chi connectivity index (χ1v) is 7.78. The molecule has 2 aromatic carbocycles. The van der Waals surface area contributed by atoms with Crippen molar-refractivity contribution in [3.05, 3.63) is 71.3 Å². The van der Waals surface area contributed by atoms with Crippen LogP contribution in [0, 0.1) is 11.8 Å². The molecule has 0 aromatic heterocycles. The molecule has 0 N–H and O–H groups in total.